The predicted molar refractivity (Wildman–Crippen MR) is 120 cm³/mol. The van der Waals surface area contributed by atoms with Gasteiger partial charge in [-0.05, 0) is 68.3 Å². The Labute approximate surface area is 181 Å². The van der Waals surface area contributed by atoms with Crippen LogP contribution in [0.2, 0.25) is 5.02 Å². The van der Waals surface area contributed by atoms with Gasteiger partial charge in [-0.15, -0.1) is 0 Å². The van der Waals surface area contributed by atoms with Crippen LogP contribution in [0.1, 0.15) is 39.7 Å². The molecule has 1 aromatic heterocycles. The van der Waals surface area contributed by atoms with Crippen LogP contribution in [0.15, 0.2) is 48.7 Å². The zero-order chi connectivity index (χ0) is 21.7. The zero-order valence-electron chi connectivity index (χ0n) is 17.6. The maximum absolute atomic E-state index is 12.6. The molecule has 0 aliphatic carbocycles. The Bertz CT molecular complexity index is 1090. The fourth-order valence-corrected chi connectivity index (χ4v) is 3.44. The number of carbonyl (C=O) groups excluding carboxylic acids is 1. The third-order valence-corrected chi connectivity index (χ3v) is 5.16. The number of hydrogen-bond donors (Lipinski definition) is 0. The molecule has 3 aromatic rings. The molecule has 0 radical (unpaired) electrons. The molecule has 30 heavy (non-hydrogen) atoms. The largest absolute Gasteiger partial charge is 0.496 e. The Morgan fingerprint density at radius 2 is 1.93 bits per heavy atom. The second-order valence-corrected chi connectivity index (χ2v) is 7.36. The molecular weight excluding hydrogens is 400 g/mol. The summed E-state index contributed by atoms with van der Waals surface area (Å²) < 4.78 is 13.2. The standard InChI is InChI=1S/C24H25ClN2O3/c1-5-27-17(3)21(14-26-27)22(28)9-6-18-7-10-24(29-4)19(13-18)15-30-23-11-8-20(25)12-16(23)2/h6-14H,5,15H2,1-4H3/b9-6+. The quantitative estimate of drug-likeness (QED) is 0.346. The highest BCUT2D eigenvalue weighted by Crippen LogP contribution is 2.26. The summed E-state index contributed by atoms with van der Waals surface area (Å²) in [6, 6.07) is 11.2. The van der Waals surface area contributed by atoms with E-state index in [1.165, 1.54) is 0 Å². The van der Waals surface area contributed by atoms with E-state index >= 15 is 0 Å². The molecule has 0 saturated heterocycles. The first-order valence-electron chi connectivity index (χ1n) is 9.73. The number of nitrogens with zero attached hydrogens (tertiary/aromatic N) is 2. The van der Waals surface area contributed by atoms with E-state index in [2.05, 4.69) is 5.10 Å². The first-order valence-corrected chi connectivity index (χ1v) is 10.1. The molecule has 3 rings (SSSR count). The van der Waals surface area contributed by atoms with Crippen LogP contribution in [0.5, 0.6) is 11.5 Å². The monoisotopic (exact) mass is 424 g/mol. The first kappa shape index (κ1) is 21.7. The average Bonchev–Trinajstić information content (AvgIpc) is 3.12. The summed E-state index contributed by atoms with van der Waals surface area (Å²) >= 11 is 6.01. The molecule has 0 spiro atoms. The highest BCUT2D eigenvalue weighted by Gasteiger charge is 2.11. The third kappa shape index (κ3) is 4.92. The van der Waals surface area contributed by atoms with E-state index in [-0.39, 0.29) is 5.78 Å². The number of carbonyl (C=O) groups is 1. The van der Waals surface area contributed by atoms with E-state index in [1.54, 1.807) is 31.5 Å². The van der Waals surface area contributed by atoms with Crippen molar-refractivity contribution >= 4 is 23.5 Å². The van der Waals surface area contributed by atoms with Crippen molar-refractivity contribution in [1.29, 1.82) is 0 Å². The van der Waals surface area contributed by atoms with Crippen molar-refractivity contribution in [2.45, 2.75) is 33.9 Å². The molecule has 0 amide bonds. The molecule has 0 unspecified atom stereocenters. The summed E-state index contributed by atoms with van der Waals surface area (Å²) in [6.45, 7) is 6.92. The van der Waals surface area contributed by atoms with Crippen molar-refractivity contribution in [3.05, 3.63) is 81.6 Å². The van der Waals surface area contributed by atoms with Gasteiger partial charge in [-0.2, -0.15) is 5.10 Å². The summed E-state index contributed by atoms with van der Waals surface area (Å²) in [6.07, 6.45) is 4.98. The highest BCUT2D eigenvalue weighted by molar-refractivity contribution is 6.30. The smallest absolute Gasteiger partial charge is 0.189 e. The van der Waals surface area contributed by atoms with Crippen LogP contribution in [-0.2, 0) is 13.2 Å². The number of allylic oxidation sites excluding steroid dienone is 1. The summed E-state index contributed by atoms with van der Waals surface area (Å²) in [4.78, 5) is 12.6. The van der Waals surface area contributed by atoms with Gasteiger partial charge in [0.25, 0.3) is 0 Å². The number of aryl methyl sites for hydroxylation is 2. The lowest BCUT2D eigenvalue weighted by atomic mass is 10.1. The number of methoxy groups -OCH3 is 1. The SMILES string of the molecule is CCn1ncc(C(=O)/C=C/c2ccc(OC)c(COc3ccc(Cl)cc3C)c2)c1C. The van der Waals surface area contributed by atoms with Gasteiger partial charge in [0.2, 0.25) is 0 Å². The molecule has 2 aromatic carbocycles. The lowest BCUT2D eigenvalue weighted by Crippen LogP contribution is -2.02. The van der Waals surface area contributed by atoms with E-state index in [4.69, 9.17) is 21.1 Å². The van der Waals surface area contributed by atoms with Crippen molar-refractivity contribution in [3.63, 3.8) is 0 Å². The molecule has 0 N–H and O–H groups in total. The molecule has 156 valence electrons. The fourth-order valence-electron chi connectivity index (χ4n) is 3.21. The van der Waals surface area contributed by atoms with Crippen molar-refractivity contribution < 1.29 is 14.3 Å². The molecule has 0 saturated carbocycles. The summed E-state index contributed by atoms with van der Waals surface area (Å²) in [7, 11) is 1.62. The number of ether oxygens (including phenoxy) is 2. The van der Waals surface area contributed by atoms with Gasteiger partial charge in [0.15, 0.2) is 5.78 Å². The van der Waals surface area contributed by atoms with Gasteiger partial charge in [-0.25, -0.2) is 0 Å². The minimum Gasteiger partial charge on any atom is -0.496 e. The molecule has 0 aliphatic heterocycles. The Morgan fingerprint density at radius 1 is 1.17 bits per heavy atom. The third-order valence-electron chi connectivity index (χ3n) is 4.92. The predicted octanol–water partition coefficient (Wildman–Crippen LogP) is 5.66. The van der Waals surface area contributed by atoms with E-state index in [0.717, 1.165) is 40.4 Å². The number of hydrogen-bond acceptors (Lipinski definition) is 4. The van der Waals surface area contributed by atoms with Crippen LogP contribution >= 0.6 is 11.6 Å². The van der Waals surface area contributed by atoms with Crippen molar-refractivity contribution in [3.8, 4) is 11.5 Å². The second kappa shape index (κ2) is 9.63. The highest BCUT2D eigenvalue weighted by atomic mass is 35.5. The molecule has 5 nitrogen and oxygen atoms in total. The van der Waals surface area contributed by atoms with Crippen LogP contribution in [0, 0.1) is 13.8 Å². The van der Waals surface area contributed by atoms with Crippen LogP contribution < -0.4 is 9.47 Å². The summed E-state index contributed by atoms with van der Waals surface area (Å²) in [5.41, 5.74) is 4.22. The number of aromatic nitrogens is 2. The van der Waals surface area contributed by atoms with Gasteiger partial charge in [0.05, 0.1) is 18.9 Å². The molecular formula is C24H25ClN2O3. The number of halogens is 1. The number of benzene rings is 2. The van der Waals surface area contributed by atoms with E-state index in [9.17, 15) is 4.79 Å². The zero-order valence-corrected chi connectivity index (χ0v) is 18.4. The first-order chi connectivity index (χ1) is 14.4. The van der Waals surface area contributed by atoms with Crippen LogP contribution in [0.4, 0.5) is 0 Å². The lowest BCUT2D eigenvalue weighted by molar-refractivity contribution is 0.104. The topological polar surface area (TPSA) is 53.4 Å². The molecule has 6 heteroatoms. The maximum atomic E-state index is 12.6. The molecule has 0 bridgehead atoms. The van der Waals surface area contributed by atoms with Gasteiger partial charge in [-0.1, -0.05) is 23.7 Å². The van der Waals surface area contributed by atoms with Crippen molar-refractivity contribution in [2.24, 2.45) is 0 Å². The minimum atomic E-state index is -0.0717. The number of ketones is 1. The van der Waals surface area contributed by atoms with Crippen molar-refractivity contribution in [2.75, 3.05) is 7.11 Å². The molecule has 0 atom stereocenters. The molecule has 0 fully saturated rings. The Balaban J connectivity index is 1.77. The van der Waals surface area contributed by atoms with E-state index in [0.29, 0.717) is 17.2 Å². The molecule has 0 aliphatic rings. The van der Waals surface area contributed by atoms with Crippen LogP contribution in [0.3, 0.4) is 0 Å². The van der Waals surface area contributed by atoms with E-state index in [1.807, 2.05) is 55.8 Å². The van der Waals surface area contributed by atoms with E-state index < -0.39 is 0 Å². The fraction of sp³-hybridized carbons (Fsp3) is 0.250. The average molecular weight is 425 g/mol. The van der Waals surface area contributed by atoms with Crippen LogP contribution in [-0.4, -0.2) is 22.7 Å². The van der Waals surface area contributed by atoms with Gasteiger partial charge in [0, 0.05) is 22.8 Å². The summed E-state index contributed by atoms with van der Waals surface area (Å²) in [5.74, 6) is 1.42. The second-order valence-electron chi connectivity index (χ2n) is 6.93. The molecule has 1 heterocycles. The van der Waals surface area contributed by atoms with Gasteiger partial charge in [0.1, 0.15) is 18.1 Å². The van der Waals surface area contributed by atoms with Crippen LogP contribution in [0.25, 0.3) is 6.08 Å². The normalized spacial score (nSPS) is 11.1. The van der Waals surface area contributed by atoms with Crippen molar-refractivity contribution in [1.82, 2.24) is 9.78 Å². The Morgan fingerprint density at radius 3 is 2.60 bits per heavy atom. The summed E-state index contributed by atoms with van der Waals surface area (Å²) in [5, 5.41) is 4.91. The number of rotatable bonds is 8. The van der Waals surface area contributed by atoms with Gasteiger partial charge >= 0.3 is 0 Å². The Hall–Kier alpha value is -3.05. The maximum Gasteiger partial charge on any atom is 0.189 e. The Kier molecular flexibility index (Phi) is 6.95. The lowest BCUT2D eigenvalue weighted by Gasteiger charge is -2.13. The minimum absolute atomic E-state index is 0.0717. The van der Waals surface area contributed by atoms with Gasteiger partial charge < -0.3 is 9.47 Å². The van der Waals surface area contributed by atoms with Gasteiger partial charge in [-0.3, -0.25) is 9.48 Å².